The summed E-state index contributed by atoms with van der Waals surface area (Å²) in [5, 5.41) is 2.75. The third kappa shape index (κ3) is 1.58. The fourth-order valence-electron chi connectivity index (χ4n) is 1.18. The van der Waals surface area contributed by atoms with E-state index in [-0.39, 0.29) is 0 Å². The van der Waals surface area contributed by atoms with Crippen LogP contribution in [0, 0.1) is 0 Å². The predicted molar refractivity (Wildman–Crippen MR) is 64.6 cm³/mol. The zero-order chi connectivity index (χ0) is 10.1. The third-order valence-electron chi connectivity index (χ3n) is 2.06. The van der Waals surface area contributed by atoms with Crippen LogP contribution in [0.5, 0.6) is 0 Å². The van der Waals surface area contributed by atoms with Crippen molar-refractivity contribution in [2.45, 2.75) is 0 Å². The van der Waals surface area contributed by atoms with Crippen LogP contribution < -0.4 is 4.31 Å². The first-order chi connectivity index (χ1) is 6.70. The summed E-state index contributed by atoms with van der Waals surface area (Å²) in [5.41, 5.74) is 1.11. The van der Waals surface area contributed by atoms with Crippen LogP contribution in [0.2, 0.25) is 0 Å². The van der Waals surface area contributed by atoms with E-state index < -0.39 is 0 Å². The number of nitrogens with zero attached hydrogens (tertiary/aromatic N) is 3. The molecule has 0 radical (unpaired) electrons. The molecule has 1 aliphatic heterocycles. The highest BCUT2D eigenvalue weighted by molar-refractivity contribution is 8.01. The smallest absolute Gasteiger partial charge is 0.202 e. The minimum Gasteiger partial charge on any atom is -0.273 e. The maximum atomic E-state index is 5.31. The zero-order valence-electron chi connectivity index (χ0n) is 8.04. The van der Waals surface area contributed by atoms with Crippen molar-refractivity contribution in [1.29, 1.82) is 0 Å². The van der Waals surface area contributed by atoms with Gasteiger partial charge < -0.3 is 0 Å². The van der Waals surface area contributed by atoms with Gasteiger partial charge in [0.2, 0.25) is 5.11 Å². The summed E-state index contributed by atoms with van der Waals surface area (Å²) in [6, 6.07) is 10.1. The summed E-state index contributed by atoms with van der Waals surface area (Å²) in [6.45, 7) is 0. The number of thiocarbonyl (C=S) groups is 1. The van der Waals surface area contributed by atoms with Crippen LogP contribution in [0.15, 0.2) is 30.3 Å². The molecular weight excluding hydrogens is 214 g/mol. The summed E-state index contributed by atoms with van der Waals surface area (Å²) in [7, 11) is 3.94. The Labute approximate surface area is 93.5 Å². The molecule has 0 aliphatic carbocycles. The lowest BCUT2D eigenvalue weighted by molar-refractivity contribution is 0.261. The van der Waals surface area contributed by atoms with E-state index >= 15 is 0 Å². The van der Waals surface area contributed by atoms with Gasteiger partial charge in [-0.3, -0.25) is 5.01 Å². The van der Waals surface area contributed by atoms with E-state index in [1.807, 2.05) is 58.2 Å². The molecule has 1 fully saturated rings. The second-order valence-electron chi connectivity index (χ2n) is 2.98. The Kier molecular flexibility index (Phi) is 2.62. The minimum absolute atomic E-state index is 0.809. The molecule has 1 heterocycles. The second-order valence-corrected chi connectivity index (χ2v) is 4.40. The molecule has 0 saturated carbocycles. The Bertz CT molecular complexity index is 341. The van der Waals surface area contributed by atoms with Gasteiger partial charge in [0.1, 0.15) is 0 Å². The molecule has 3 nitrogen and oxygen atoms in total. The first kappa shape index (κ1) is 9.76. The van der Waals surface area contributed by atoms with Crippen LogP contribution in [0.25, 0.3) is 0 Å². The number of anilines is 1. The lowest BCUT2D eigenvalue weighted by atomic mass is 10.3. The average molecular weight is 225 g/mol. The molecule has 0 N–H and O–H groups in total. The standard InChI is InChI=1S/C9H11N3S2/c1-10-9(13)12(14-11(10)2)8-6-4-3-5-7-8/h3-7H,1-2H3. The van der Waals surface area contributed by atoms with E-state index in [1.54, 1.807) is 12.1 Å². The summed E-state index contributed by atoms with van der Waals surface area (Å²) in [6.07, 6.45) is 0. The number of benzene rings is 1. The van der Waals surface area contributed by atoms with E-state index in [2.05, 4.69) is 0 Å². The van der Waals surface area contributed by atoms with E-state index in [9.17, 15) is 0 Å². The van der Waals surface area contributed by atoms with Gasteiger partial charge in [0.15, 0.2) is 0 Å². The SMILES string of the molecule is CN1SN(c2ccccc2)C(=S)N1C. The van der Waals surface area contributed by atoms with Gasteiger partial charge >= 0.3 is 0 Å². The van der Waals surface area contributed by atoms with Crippen molar-refractivity contribution in [1.82, 2.24) is 9.42 Å². The average Bonchev–Trinajstić information content (AvgIpc) is 2.47. The van der Waals surface area contributed by atoms with Gasteiger partial charge in [-0.2, -0.15) is 0 Å². The molecule has 1 saturated heterocycles. The van der Waals surface area contributed by atoms with Crippen molar-refractivity contribution in [2.75, 3.05) is 18.4 Å². The lowest BCUT2D eigenvalue weighted by Gasteiger charge is -2.15. The molecule has 1 aliphatic rings. The maximum Gasteiger partial charge on any atom is 0.202 e. The summed E-state index contributed by atoms with van der Waals surface area (Å²) >= 11 is 6.90. The third-order valence-corrected chi connectivity index (χ3v) is 3.65. The summed E-state index contributed by atoms with van der Waals surface area (Å²) in [4.78, 5) is 0. The van der Waals surface area contributed by atoms with Crippen LogP contribution >= 0.6 is 24.4 Å². The Morgan fingerprint density at radius 1 is 1.14 bits per heavy atom. The first-order valence-corrected chi connectivity index (χ1v) is 5.38. The van der Waals surface area contributed by atoms with Crippen molar-refractivity contribution in [3.8, 4) is 0 Å². The molecule has 0 atom stereocenters. The monoisotopic (exact) mass is 225 g/mol. The van der Waals surface area contributed by atoms with Gasteiger partial charge in [-0.1, -0.05) is 18.2 Å². The summed E-state index contributed by atoms with van der Waals surface area (Å²) < 4.78 is 4.02. The van der Waals surface area contributed by atoms with Gasteiger partial charge in [0.25, 0.3) is 0 Å². The Morgan fingerprint density at radius 2 is 1.79 bits per heavy atom. The Balaban J connectivity index is 2.26. The molecule has 0 spiro atoms. The molecule has 0 aromatic heterocycles. The van der Waals surface area contributed by atoms with Gasteiger partial charge in [-0.05, 0) is 24.4 Å². The number of hydrogen-bond donors (Lipinski definition) is 0. The maximum absolute atomic E-state index is 5.31. The van der Waals surface area contributed by atoms with Crippen LogP contribution in [0.1, 0.15) is 0 Å². The summed E-state index contributed by atoms with van der Waals surface area (Å²) in [5.74, 6) is 0. The highest BCUT2D eigenvalue weighted by Crippen LogP contribution is 2.32. The number of hydrogen-bond acceptors (Lipinski definition) is 3. The Morgan fingerprint density at radius 3 is 2.29 bits per heavy atom. The van der Waals surface area contributed by atoms with E-state index in [0.29, 0.717) is 0 Å². The van der Waals surface area contributed by atoms with Gasteiger partial charge in [-0.25, -0.2) is 4.31 Å². The second kappa shape index (κ2) is 3.76. The van der Waals surface area contributed by atoms with Crippen molar-refractivity contribution in [3.05, 3.63) is 30.3 Å². The predicted octanol–water partition coefficient (Wildman–Crippen LogP) is 2.13. The molecule has 0 unspecified atom stereocenters. The fourth-order valence-corrected chi connectivity index (χ4v) is 2.39. The number of hydrazine groups is 1. The van der Waals surface area contributed by atoms with Crippen LogP contribution in [0.4, 0.5) is 5.69 Å². The van der Waals surface area contributed by atoms with Crippen molar-refractivity contribution in [2.24, 2.45) is 0 Å². The quantitative estimate of drug-likeness (QED) is 0.533. The van der Waals surface area contributed by atoms with Crippen LogP contribution in [-0.2, 0) is 0 Å². The molecule has 1 aromatic rings. The molecule has 74 valence electrons. The van der Waals surface area contributed by atoms with E-state index in [1.165, 1.54) is 0 Å². The lowest BCUT2D eigenvalue weighted by Crippen LogP contribution is -2.31. The zero-order valence-corrected chi connectivity index (χ0v) is 9.68. The minimum atomic E-state index is 0.809. The van der Waals surface area contributed by atoms with Crippen molar-refractivity contribution in [3.63, 3.8) is 0 Å². The number of rotatable bonds is 1. The normalized spacial score (nSPS) is 18.0. The van der Waals surface area contributed by atoms with E-state index in [4.69, 9.17) is 12.2 Å². The Hall–Kier alpha value is -0.780. The molecule has 0 bridgehead atoms. The number of para-hydroxylation sites is 1. The van der Waals surface area contributed by atoms with Gasteiger partial charge in [-0.15, -0.1) is 4.41 Å². The van der Waals surface area contributed by atoms with Gasteiger partial charge in [0, 0.05) is 14.1 Å². The molecule has 0 amide bonds. The highest BCUT2D eigenvalue weighted by Gasteiger charge is 2.29. The van der Waals surface area contributed by atoms with Crippen molar-refractivity contribution >= 4 is 35.2 Å². The van der Waals surface area contributed by atoms with E-state index in [0.717, 1.165) is 10.8 Å². The van der Waals surface area contributed by atoms with Crippen LogP contribution in [-0.4, -0.2) is 28.6 Å². The highest BCUT2D eigenvalue weighted by atomic mass is 32.2. The van der Waals surface area contributed by atoms with Crippen LogP contribution in [0.3, 0.4) is 0 Å². The van der Waals surface area contributed by atoms with Gasteiger partial charge in [0.05, 0.1) is 17.8 Å². The van der Waals surface area contributed by atoms with Crippen molar-refractivity contribution < 1.29 is 0 Å². The molecule has 1 aromatic carbocycles. The molecule has 14 heavy (non-hydrogen) atoms. The first-order valence-electron chi connectivity index (χ1n) is 4.25. The molecule has 2 rings (SSSR count). The topological polar surface area (TPSA) is 9.72 Å². The molecule has 5 heteroatoms. The molecular formula is C9H11N3S2. The fraction of sp³-hybridized carbons (Fsp3) is 0.222. The largest absolute Gasteiger partial charge is 0.273 e.